The summed E-state index contributed by atoms with van der Waals surface area (Å²) in [5.41, 5.74) is 0.536. The Bertz CT molecular complexity index is 671. The van der Waals surface area contributed by atoms with Crippen LogP contribution >= 0.6 is 11.6 Å². The van der Waals surface area contributed by atoms with Crippen LogP contribution in [0, 0.1) is 5.92 Å². The van der Waals surface area contributed by atoms with Crippen LogP contribution in [0.2, 0.25) is 5.02 Å². The maximum atomic E-state index is 11.9. The molecule has 0 saturated heterocycles. The monoisotopic (exact) mass is 319 g/mol. The van der Waals surface area contributed by atoms with Crippen LogP contribution in [0.5, 0.6) is 17.2 Å². The van der Waals surface area contributed by atoms with Gasteiger partial charge in [0.1, 0.15) is 11.5 Å². The van der Waals surface area contributed by atoms with Crippen molar-refractivity contribution in [3.05, 3.63) is 47.5 Å². The molecule has 0 fully saturated rings. The van der Waals surface area contributed by atoms with E-state index in [4.69, 9.17) is 21.1 Å². The average Bonchev–Trinajstić information content (AvgIpc) is 2.50. The summed E-state index contributed by atoms with van der Waals surface area (Å²) in [5.74, 6) is 1.59. The highest BCUT2D eigenvalue weighted by molar-refractivity contribution is 6.31. The fourth-order valence-electron chi connectivity index (χ4n) is 1.76. The summed E-state index contributed by atoms with van der Waals surface area (Å²) in [6, 6.07) is 12.3. The van der Waals surface area contributed by atoms with Gasteiger partial charge in [-0.05, 0) is 30.3 Å². The normalized spacial score (nSPS) is 10.4. The van der Waals surface area contributed by atoms with Gasteiger partial charge in [0.15, 0.2) is 5.75 Å². The largest absolute Gasteiger partial charge is 0.497 e. The molecule has 2 rings (SSSR count). The molecule has 0 atom stereocenters. The predicted molar refractivity (Wildman–Crippen MR) is 88.0 cm³/mol. The van der Waals surface area contributed by atoms with Crippen LogP contribution in [0.25, 0.3) is 0 Å². The molecule has 1 N–H and O–H groups in total. The molecule has 0 saturated carbocycles. The minimum Gasteiger partial charge on any atom is -0.497 e. The van der Waals surface area contributed by atoms with Gasteiger partial charge in [0.05, 0.1) is 12.8 Å². The van der Waals surface area contributed by atoms with Crippen molar-refractivity contribution in [2.24, 2.45) is 5.92 Å². The molecule has 0 spiro atoms. The third-order valence-electron chi connectivity index (χ3n) is 2.99. The summed E-state index contributed by atoms with van der Waals surface area (Å²) < 4.78 is 11.0. The molecule has 0 radical (unpaired) electrons. The Morgan fingerprint density at radius 2 is 1.86 bits per heavy atom. The number of hydrogen-bond acceptors (Lipinski definition) is 3. The van der Waals surface area contributed by atoms with Crippen molar-refractivity contribution in [3.8, 4) is 17.2 Å². The number of ether oxygens (including phenoxy) is 2. The van der Waals surface area contributed by atoms with Gasteiger partial charge in [0, 0.05) is 17.0 Å². The Morgan fingerprint density at radius 3 is 2.55 bits per heavy atom. The first-order chi connectivity index (χ1) is 10.5. The van der Waals surface area contributed by atoms with E-state index in [9.17, 15) is 4.79 Å². The Balaban J connectivity index is 2.28. The van der Waals surface area contributed by atoms with E-state index in [2.05, 4.69) is 5.32 Å². The smallest absolute Gasteiger partial charge is 0.227 e. The maximum Gasteiger partial charge on any atom is 0.227 e. The maximum absolute atomic E-state index is 11.9. The topological polar surface area (TPSA) is 47.6 Å². The van der Waals surface area contributed by atoms with Gasteiger partial charge < -0.3 is 14.8 Å². The Labute approximate surface area is 135 Å². The zero-order valence-corrected chi connectivity index (χ0v) is 13.5. The molecule has 2 aromatic rings. The number of nitrogens with one attached hydrogen (secondary N) is 1. The van der Waals surface area contributed by atoms with Crippen molar-refractivity contribution < 1.29 is 14.3 Å². The Morgan fingerprint density at radius 1 is 1.14 bits per heavy atom. The van der Waals surface area contributed by atoms with Crippen LogP contribution in [-0.4, -0.2) is 13.0 Å². The van der Waals surface area contributed by atoms with Crippen LogP contribution in [0.1, 0.15) is 13.8 Å². The van der Waals surface area contributed by atoms with Gasteiger partial charge in [-0.1, -0.05) is 31.5 Å². The van der Waals surface area contributed by atoms with E-state index >= 15 is 0 Å². The third kappa shape index (κ3) is 4.15. The molecule has 1 amide bonds. The zero-order valence-electron chi connectivity index (χ0n) is 12.7. The van der Waals surface area contributed by atoms with Crippen molar-refractivity contribution in [3.63, 3.8) is 0 Å². The van der Waals surface area contributed by atoms with Crippen molar-refractivity contribution in [2.75, 3.05) is 12.4 Å². The van der Waals surface area contributed by atoms with E-state index in [0.29, 0.717) is 28.0 Å². The minimum absolute atomic E-state index is 0.0993. The molecule has 0 bridgehead atoms. The zero-order chi connectivity index (χ0) is 16.1. The number of halogens is 1. The highest BCUT2D eigenvalue weighted by Gasteiger charge is 2.12. The molecule has 0 aliphatic rings. The number of anilines is 1. The first-order valence-electron chi connectivity index (χ1n) is 6.92. The molecule has 0 heterocycles. The Kier molecular flexibility index (Phi) is 5.28. The SMILES string of the molecule is COc1cccc(Oc2ccc(Cl)cc2NC(=O)C(C)C)c1. The van der Waals surface area contributed by atoms with Crippen molar-refractivity contribution in [1.82, 2.24) is 0 Å². The first kappa shape index (κ1) is 16.2. The van der Waals surface area contributed by atoms with Crippen LogP contribution in [0.15, 0.2) is 42.5 Å². The molecule has 0 aromatic heterocycles. The second kappa shape index (κ2) is 7.18. The summed E-state index contributed by atoms with van der Waals surface area (Å²) in [6.45, 7) is 3.64. The summed E-state index contributed by atoms with van der Waals surface area (Å²) >= 11 is 6.00. The summed E-state index contributed by atoms with van der Waals surface area (Å²) in [4.78, 5) is 11.9. The second-order valence-electron chi connectivity index (χ2n) is 5.07. The lowest BCUT2D eigenvalue weighted by molar-refractivity contribution is -0.118. The number of carbonyl (C=O) groups is 1. The van der Waals surface area contributed by atoms with E-state index in [1.165, 1.54) is 0 Å². The van der Waals surface area contributed by atoms with Gasteiger partial charge >= 0.3 is 0 Å². The third-order valence-corrected chi connectivity index (χ3v) is 3.23. The fourth-order valence-corrected chi connectivity index (χ4v) is 1.93. The lowest BCUT2D eigenvalue weighted by atomic mass is 10.2. The molecule has 116 valence electrons. The second-order valence-corrected chi connectivity index (χ2v) is 5.50. The minimum atomic E-state index is -0.136. The number of amides is 1. The molecule has 0 aliphatic heterocycles. The van der Waals surface area contributed by atoms with E-state index in [-0.39, 0.29) is 11.8 Å². The van der Waals surface area contributed by atoms with Crippen LogP contribution < -0.4 is 14.8 Å². The van der Waals surface area contributed by atoms with E-state index in [0.717, 1.165) is 0 Å². The van der Waals surface area contributed by atoms with E-state index in [1.54, 1.807) is 31.4 Å². The molecule has 5 heteroatoms. The molecule has 2 aromatic carbocycles. The molecule has 4 nitrogen and oxygen atoms in total. The van der Waals surface area contributed by atoms with Crippen molar-refractivity contribution in [2.45, 2.75) is 13.8 Å². The van der Waals surface area contributed by atoms with Crippen molar-refractivity contribution in [1.29, 1.82) is 0 Å². The van der Waals surface area contributed by atoms with Crippen LogP contribution in [0.3, 0.4) is 0 Å². The van der Waals surface area contributed by atoms with Gasteiger partial charge in [0.25, 0.3) is 0 Å². The summed E-state index contributed by atoms with van der Waals surface area (Å²) in [7, 11) is 1.59. The predicted octanol–water partition coefficient (Wildman–Crippen LogP) is 4.74. The van der Waals surface area contributed by atoms with Crippen LogP contribution in [0.4, 0.5) is 5.69 Å². The fraction of sp³-hybridized carbons (Fsp3) is 0.235. The number of hydrogen-bond donors (Lipinski definition) is 1. The lowest BCUT2D eigenvalue weighted by Gasteiger charge is -2.14. The molecule has 22 heavy (non-hydrogen) atoms. The van der Waals surface area contributed by atoms with Gasteiger partial charge in [-0.2, -0.15) is 0 Å². The van der Waals surface area contributed by atoms with Gasteiger partial charge in [-0.25, -0.2) is 0 Å². The molecule has 0 aliphatic carbocycles. The van der Waals surface area contributed by atoms with Gasteiger partial charge in [0.2, 0.25) is 5.91 Å². The number of methoxy groups -OCH3 is 1. The van der Waals surface area contributed by atoms with Gasteiger partial charge in [-0.15, -0.1) is 0 Å². The first-order valence-corrected chi connectivity index (χ1v) is 7.29. The molecular formula is C17H18ClNO3. The molecule has 0 unspecified atom stereocenters. The average molecular weight is 320 g/mol. The quantitative estimate of drug-likeness (QED) is 0.866. The Hall–Kier alpha value is -2.20. The van der Waals surface area contributed by atoms with Gasteiger partial charge in [-0.3, -0.25) is 4.79 Å². The summed E-state index contributed by atoms with van der Waals surface area (Å²) in [6.07, 6.45) is 0. The lowest BCUT2D eigenvalue weighted by Crippen LogP contribution is -2.18. The number of benzene rings is 2. The van der Waals surface area contributed by atoms with E-state index < -0.39 is 0 Å². The molecular weight excluding hydrogens is 302 g/mol. The van der Waals surface area contributed by atoms with Crippen molar-refractivity contribution >= 4 is 23.2 Å². The van der Waals surface area contributed by atoms with E-state index in [1.807, 2.05) is 32.0 Å². The highest BCUT2D eigenvalue weighted by Crippen LogP contribution is 2.33. The standard InChI is InChI=1S/C17H18ClNO3/c1-11(2)17(20)19-15-9-12(18)7-8-16(15)22-14-6-4-5-13(10-14)21-3/h4-11H,1-3H3,(H,19,20). The number of carbonyl (C=O) groups excluding carboxylic acids is 1. The van der Waals surface area contributed by atoms with Crippen LogP contribution in [-0.2, 0) is 4.79 Å². The number of rotatable bonds is 5. The summed E-state index contributed by atoms with van der Waals surface area (Å²) in [5, 5.41) is 3.35. The highest BCUT2D eigenvalue weighted by atomic mass is 35.5.